The highest BCUT2D eigenvalue weighted by molar-refractivity contribution is 6.37. The van der Waals surface area contributed by atoms with Gasteiger partial charge in [-0.1, -0.05) is 23.2 Å². The van der Waals surface area contributed by atoms with Crippen molar-refractivity contribution in [3.63, 3.8) is 0 Å². The molecule has 0 aliphatic heterocycles. The first-order valence-corrected chi connectivity index (χ1v) is 6.45. The lowest BCUT2D eigenvalue weighted by molar-refractivity contribution is -0.384. The molecule has 0 atom stereocenters. The van der Waals surface area contributed by atoms with Crippen LogP contribution in [0.1, 0.15) is 10.4 Å². The third-order valence-electron chi connectivity index (χ3n) is 2.66. The first-order valence-electron chi connectivity index (χ1n) is 5.69. The average molecular weight is 347 g/mol. The van der Waals surface area contributed by atoms with E-state index in [0.717, 1.165) is 30.3 Å². The van der Waals surface area contributed by atoms with Crippen LogP contribution in [-0.4, -0.2) is 10.8 Å². The van der Waals surface area contributed by atoms with Crippen LogP contribution in [0.3, 0.4) is 0 Å². The molecule has 114 valence electrons. The number of carbonyl (C=O) groups excluding carboxylic acids is 1. The molecule has 0 aliphatic rings. The molecule has 2 aromatic carbocycles. The van der Waals surface area contributed by atoms with E-state index in [-0.39, 0.29) is 15.6 Å². The van der Waals surface area contributed by atoms with Crippen molar-refractivity contribution in [1.82, 2.24) is 0 Å². The SMILES string of the molecule is O=C(Nc1cc([N+](=O)[O-])ccc1F)c1cc(F)c(Cl)cc1Cl. The molecule has 0 bridgehead atoms. The van der Waals surface area contributed by atoms with Gasteiger partial charge < -0.3 is 5.32 Å². The van der Waals surface area contributed by atoms with Crippen molar-refractivity contribution < 1.29 is 18.5 Å². The number of hydrogen-bond acceptors (Lipinski definition) is 3. The monoisotopic (exact) mass is 346 g/mol. The number of anilines is 1. The number of rotatable bonds is 3. The van der Waals surface area contributed by atoms with Gasteiger partial charge in [-0.15, -0.1) is 0 Å². The molecule has 5 nitrogen and oxygen atoms in total. The highest BCUT2D eigenvalue weighted by Gasteiger charge is 2.17. The summed E-state index contributed by atoms with van der Waals surface area (Å²) in [6, 6.07) is 4.43. The van der Waals surface area contributed by atoms with Gasteiger partial charge in [0.15, 0.2) is 0 Å². The van der Waals surface area contributed by atoms with E-state index in [1.807, 2.05) is 0 Å². The lowest BCUT2D eigenvalue weighted by atomic mass is 10.2. The molecule has 0 spiro atoms. The summed E-state index contributed by atoms with van der Waals surface area (Å²) in [6.07, 6.45) is 0. The molecular formula is C13H6Cl2F2N2O3. The lowest BCUT2D eigenvalue weighted by Crippen LogP contribution is -2.14. The van der Waals surface area contributed by atoms with Crippen LogP contribution in [0.5, 0.6) is 0 Å². The minimum Gasteiger partial charge on any atom is -0.319 e. The third-order valence-corrected chi connectivity index (χ3v) is 3.27. The van der Waals surface area contributed by atoms with E-state index in [0.29, 0.717) is 0 Å². The Morgan fingerprint density at radius 3 is 2.41 bits per heavy atom. The number of amides is 1. The molecule has 0 saturated carbocycles. The molecule has 0 unspecified atom stereocenters. The molecule has 1 amide bonds. The molecule has 22 heavy (non-hydrogen) atoms. The van der Waals surface area contributed by atoms with Gasteiger partial charge in [-0.2, -0.15) is 0 Å². The topological polar surface area (TPSA) is 72.2 Å². The number of non-ortho nitro benzene ring substituents is 1. The Hall–Kier alpha value is -2.25. The number of halogens is 4. The maximum Gasteiger partial charge on any atom is 0.271 e. The Kier molecular flexibility index (Phi) is 4.58. The van der Waals surface area contributed by atoms with E-state index >= 15 is 0 Å². The van der Waals surface area contributed by atoms with Crippen LogP contribution in [-0.2, 0) is 0 Å². The molecule has 2 rings (SSSR count). The molecule has 0 aromatic heterocycles. The normalized spacial score (nSPS) is 10.4. The first-order chi connectivity index (χ1) is 10.3. The van der Waals surface area contributed by atoms with E-state index in [1.54, 1.807) is 0 Å². The van der Waals surface area contributed by atoms with E-state index in [4.69, 9.17) is 23.2 Å². The van der Waals surface area contributed by atoms with Gasteiger partial charge in [0.1, 0.15) is 11.6 Å². The van der Waals surface area contributed by atoms with Crippen LogP contribution in [0.25, 0.3) is 0 Å². The van der Waals surface area contributed by atoms with Crippen molar-refractivity contribution in [3.05, 3.63) is 67.7 Å². The second-order valence-corrected chi connectivity index (χ2v) is 4.94. The van der Waals surface area contributed by atoms with Crippen molar-refractivity contribution in [2.75, 3.05) is 5.32 Å². The van der Waals surface area contributed by atoms with Crippen LogP contribution in [0.4, 0.5) is 20.2 Å². The van der Waals surface area contributed by atoms with Gasteiger partial charge in [-0.25, -0.2) is 8.78 Å². The van der Waals surface area contributed by atoms with E-state index in [2.05, 4.69) is 5.32 Å². The van der Waals surface area contributed by atoms with Crippen molar-refractivity contribution in [3.8, 4) is 0 Å². The third kappa shape index (κ3) is 3.32. The second-order valence-electron chi connectivity index (χ2n) is 4.12. The fraction of sp³-hybridized carbons (Fsp3) is 0. The number of nitro groups is 1. The fourth-order valence-corrected chi connectivity index (χ4v) is 2.08. The highest BCUT2D eigenvalue weighted by atomic mass is 35.5. The van der Waals surface area contributed by atoms with Crippen LogP contribution in [0.2, 0.25) is 10.0 Å². The van der Waals surface area contributed by atoms with Crippen molar-refractivity contribution in [2.24, 2.45) is 0 Å². The van der Waals surface area contributed by atoms with Crippen molar-refractivity contribution in [2.45, 2.75) is 0 Å². The van der Waals surface area contributed by atoms with Gasteiger partial charge in [0, 0.05) is 12.1 Å². The largest absolute Gasteiger partial charge is 0.319 e. The first kappa shape index (κ1) is 16.1. The Morgan fingerprint density at radius 2 is 1.77 bits per heavy atom. The lowest BCUT2D eigenvalue weighted by Gasteiger charge is -2.08. The summed E-state index contributed by atoms with van der Waals surface area (Å²) in [7, 11) is 0. The van der Waals surface area contributed by atoms with Gasteiger partial charge in [0.05, 0.1) is 26.2 Å². The Bertz CT molecular complexity index is 784. The predicted molar refractivity (Wildman–Crippen MR) is 77.4 cm³/mol. The smallest absolute Gasteiger partial charge is 0.271 e. The summed E-state index contributed by atoms with van der Waals surface area (Å²) >= 11 is 11.3. The van der Waals surface area contributed by atoms with Gasteiger partial charge >= 0.3 is 0 Å². The molecule has 0 saturated heterocycles. The van der Waals surface area contributed by atoms with Crippen LogP contribution in [0.15, 0.2) is 30.3 Å². The summed E-state index contributed by atoms with van der Waals surface area (Å²) in [5.74, 6) is -2.69. The summed E-state index contributed by atoms with van der Waals surface area (Å²) in [4.78, 5) is 21.9. The summed E-state index contributed by atoms with van der Waals surface area (Å²) < 4.78 is 27.0. The van der Waals surface area contributed by atoms with Gasteiger partial charge in [-0.05, 0) is 18.2 Å². The minimum atomic E-state index is -0.931. The molecule has 1 N–H and O–H groups in total. The molecule has 0 fully saturated rings. The Balaban J connectivity index is 2.35. The number of hydrogen-bond donors (Lipinski definition) is 1. The maximum absolute atomic E-state index is 13.6. The van der Waals surface area contributed by atoms with Crippen LogP contribution < -0.4 is 5.32 Å². The van der Waals surface area contributed by atoms with Crippen molar-refractivity contribution >= 4 is 40.5 Å². The van der Waals surface area contributed by atoms with Crippen LogP contribution >= 0.6 is 23.2 Å². The summed E-state index contributed by atoms with van der Waals surface area (Å²) in [6.45, 7) is 0. The number of nitro benzene ring substituents is 1. The quantitative estimate of drug-likeness (QED) is 0.507. The maximum atomic E-state index is 13.6. The van der Waals surface area contributed by atoms with Gasteiger partial charge in [0.2, 0.25) is 0 Å². The standard InChI is InChI=1S/C13H6Cl2F2N2O3/c14-8-5-9(15)11(17)4-7(8)13(20)18-12-3-6(19(21)22)1-2-10(12)16/h1-5H,(H,18,20). The zero-order valence-electron chi connectivity index (χ0n) is 10.6. The highest BCUT2D eigenvalue weighted by Crippen LogP contribution is 2.26. The minimum absolute atomic E-state index is 0.144. The molecule has 0 radical (unpaired) electrons. The van der Waals surface area contributed by atoms with Crippen LogP contribution in [0, 0.1) is 21.7 Å². The van der Waals surface area contributed by atoms with E-state index < -0.39 is 33.8 Å². The van der Waals surface area contributed by atoms with Crippen molar-refractivity contribution in [1.29, 1.82) is 0 Å². The molecule has 2 aromatic rings. The zero-order valence-corrected chi connectivity index (χ0v) is 12.1. The number of carbonyl (C=O) groups is 1. The zero-order chi connectivity index (χ0) is 16.4. The predicted octanol–water partition coefficient (Wildman–Crippen LogP) is 4.43. The summed E-state index contributed by atoms with van der Waals surface area (Å²) in [5.41, 5.74) is -1.12. The van der Waals surface area contributed by atoms with Gasteiger partial charge in [-0.3, -0.25) is 14.9 Å². The molecule has 0 aliphatic carbocycles. The van der Waals surface area contributed by atoms with E-state index in [1.165, 1.54) is 0 Å². The number of benzene rings is 2. The Morgan fingerprint density at radius 1 is 1.09 bits per heavy atom. The number of nitrogens with zero attached hydrogens (tertiary/aromatic N) is 1. The Labute approximate surface area is 132 Å². The van der Waals surface area contributed by atoms with Gasteiger partial charge in [0.25, 0.3) is 11.6 Å². The fourth-order valence-electron chi connectivity index (χ4n) is 1.61. The molecule has 9 heteroatoms. The van der Waals surface area contributed by atoms with E-state index in [9.17, 15) is 23.7 Å². The summed E-state index contributed by atoms with van der Waals surface area (Å²) in [5, 5.41) is 12.3. The second kappa shape index (κ2) is 6.25. The number of nitrogens with one attached hydrogen (secondary N) is 1. The molecule has 0 heterocycles. The average Bonchev–Trinajstić information content (AvgIpc) is 2.44. The molecular weight excluding hydrogens is 341 g/mol.